The molecule has 2 atom stereocenters. The molecule has 0 aliphatic rings. The molecule has 2 heteroatoms. The fraction of sp³-hybridized carbons (Fsp3) is 0.778. The second kappa shape index (κ2) is 2.94. The first-order chi connectivity index (χ1) is 4.72. The van der Waals surface area contributed by atoms with Crippen molar-refractivity contribution in [3.05, 3.63) is 12.7 Å². The minimum atomic E-state index is -2.25. The van der Waals surface area contributed by atoms with Gasteiger partial charge in [-0.2, -0.15) is 0 Å². The molecule has 0 amide bonds. The molecule has 1 nitrogen and oxygen atoms in total. The van der Waals surface area contributed by atoms with Crippen molar-refractivity contribution in [1.29, 1.82) is 0 Å². The van der Waals surface area contributed by atoms with Gasteiger partial charge in [-0.1, -0.05) is 34.3 Å². The minimum Gasteiger partial charge on any atom is -0.358 e. The highest BCUT2D eigenvalue weighted by Gasteiger charge is 2.37. The highest BCUT2D eigenvalue weighted by molar-refractivity contribution is 4.94. The van der Waals surface area contributed by atoms with Gasteiger partial charge in [0.05, 0.1) is 0 Å². The van der Waals surface area contributed by atoms with Crippen LogP contribution in [0.3, 0.4) is 0 Å². The van der Waals surface area contributed by atoms with Crippen LogP contribution in [0.1, 0.15) is 27.7 Å². The summed E-state index contributed by atoms with van der Waals surface area (Å²) in [5, 5.41) is 9.14. The van der Waals surface area contributed by atoms with Gasteiger partial charge < -0.3 is 5.11 Å². The number of hydrogen-bond donors (Lipinski definition) is 1. The van der Waals surface area contributed by atoms with Crippen LogP contribution in [0.4, 0.5) is 4.39 Å². The van der Waals surface area contributed by atoms with Crippen LogP contribution in [0.5, 0.6) is 0 Å². The lowest BCUT2D eigenvalue weighted by molar-refractivity contribution is -0.116. The van der Waals surface area contributed by atoms with Crippen molar-refractivity contribution in [1.82, 2.24) is 0 Å². The summed E-state index contributed by atoms with van der Waals surface area (Å²) in [5.74, 6) is -2.70. The molecule has 0 rings (SSSR count). The quantitative estimate of drug-likeness (QED) is 0.615. The third-order valence-electron chi connectivity index (χ3n) is 2.19. The highest BCUT2D eigenvalue weighted by atomic mass is 19.2. The van der Waals surface area contributed by atoms with Crippen LogP contribution in [0.25, 0.3) is 0 Å². The Morgan fingerprint density at radius 3 is 1.91 bits per heavy atom. The maximum atomic E-state index is 13.1. The first-order valence-corrected chi connectivity index (χ1v) is 3.76. The van der Waals surface area contributed by atoms with Crippen LogP contribution in [-0.2, 0) is 0 Å². The molecule has 0 fully saturated rings. The molecule has 0 bridgehead atoms. The van der Waals surface area contributed by atoms with Crippen LogP contribution in [-0.4, -0.2) is 11.0 Å². The van der Waals surface area contributed by atoms with E-state index in [0.717, 1.165) is 6.08 Å². The summed E-state index contributed by atoms with van der Waals surface area (Å²) >= 11 is 0. The van der Waals surface area contributed by atoms with Crippen LogP contribution >= 0.6 is 0 Å². The number of hydrogen-bond acceptors (Lipinski definition) is 1. The minimum absolute atomic E-state index is 0.252. The molecule has 0 aromatic rings. The summed E-state index contributed by atoms with van der Waals surface area (Å²) in [6, 6.07) is 0. The molecule has 0 aliphatic carbocycles. The van der Waals surface area contributed by atoms with Gasteiger partial charge in [-0.15, -0.1) is 0 Å². The Morgan fingerprint density at radius 1 is 1.45 bits per heavy atom. The fourth-order valence-corrected chi connectivity index (χ4v) is 0.784. The Balaban J connectivity index is 4.48. The monoisotopic (exact) mass is 160 g/mol. The van der Waals surface area contributed by atoms with Gasteiger partial charge in [0.2, 0.25) is 5.85 Å². The molecule has 0 saturated heterocycles. The molecule has 0 heterocycles. The van der Waals surface area contributed by atoms with Crippen molar-refractivity contribution < 1.29 is 9.50 Å². The predicted octanol–water partition coefficient (Wildman–Crippen LogP) is 2.51. The van der Waals surface area contributed by atoms with Crippen LogP contribution in [0.15, 0.2) is 12.7 Å². The van der Waals surface area contributed by atoms with Crippen LogP contribution in [0.2, 0.25) is 0 Å². The van der Waals surface area contributed by atoms with Crippen molar-refractivity contribution in [2.75, 3.05) is 0 Å². The Hall–Kier alpha value is -0.370. The number of rotatable bonds is 2. The molecular weight excluding hydrogens is 143 g/mol. The van der Waals surface area contributed by atoms with Gasteiger partial charge >= 0.3 is 0 Å². The summed E-state index contributed by atoms with van der Waals surface area (Å²) in [5.41, 5.74) is -0.252. The molecule has 66 valence electrons. The van der Waals surface area contributed by atoms with Crippen molar-refractivity contribution in [2.45, 2.75) is 33.5 Å². The van der Waals surface area contributed by atoms with Crippen molar-refractivity contribution in [3.63, 3.8) is 0 Å². The van der Waals surface area contributed by atoms with E-state index in [1.165, 1.54) is 0 Å². The maximum Gasteiger partial charge on any atom is 0.228 e. The van der Waals surface area contributed by atoms with Gasteiger partial charge in [0.1, 0.15) is 0 Å². The zero-order chi connectivity index (χ0) is 9.28. The molecule has 0 saturated carbocycles. The summed E-state index contributed by atoms with van der Waals surface area (Å²) in [7, 11) is 0. The Morgan fingerprint density at radius 2 is 1.82 bits per heavy atom. The molecule has 1 unspecified atom stereocenters. The molecule has 11 heavy (non-hydrogen) atoms. The van der Waals surface area contributed by atoms with E-state index in [4.69, 9.17) is 5.11 Å². The van der Waals surface area contributed by atoms with Crippen LogP contribution in [0, 0.1) is 11.3 Å². The zero-order valence-electron chi connectivity index (χ0n) is 7.69. The lowest BCUT2D eigenvalue weighted by Crippen LogP contribution is -2.37. The Bertz CT molecular complexity index is 144. The largest absolute Gasteiger partial charge is 0.358 e. The third-order valence-corrected chi connectivity index (χ3v) is 2.19. The number of alkyl halides is 1. The van der Waals surface area contributed by atoms with Crippen molar-refractivity contribution >= 4 is 0 Å². The van der Waals surface area contributed by atoms with Crippen LogP contribution < -0.4 is 0 Å². The summed E-state index contributed by atoms with van der Waals surface area (Å²) < 4.78 is 13.1. The molecule has 0 radical (unpaired) electrons. The van der Waals surface area contributed by atoms with E-state index in [1.54, 1.807) is 6.92 Å². The average molecular weight is 160 g/mol. The normalized spacial score (nSPS) is 20.5. The smallest absolute Gasteiger partial charge is 0.228 e. The topological polar surface area (TPSA) is 20.2 Å². The van der Waals surface area contributed by atoms with Gasteiger partial charge in [-0.3, -0.25) is 0 Å². The fourth-order valence-electron chi connectivity index (χ4n) is 0.784. The lowest BCUT2D eigenvalue weighted by Gasteiger charge is -2.33. The van der Waals surface area contributed by atoms with E-state index in [1.807, 2.05) is 20.8 Å². The van der Waals surface area contributed by atoms with Crippen molar-refractivity contribution in [2.24, 2.45) is 11.3 Å². The highest BCUT2D eigenvalue weighted by Crippen LogP contribution is 2.35. The standard InChI is InChI=1S/C9H17FO/c1-6-9(10,11)7(2)8(3,4)5/h6-7,11H,1H2,2-5H3/t7-,9?/m1/s1. The summed E-state index contributed by atoms with van der Waals surface area (Å²) in [6.07, 6.45) is 0.947. The third kappa shape index (κ3) is 2.62. The van der Waals surface area contributed by atoms with E-state index < -0.39 is 11.8 Å². The van der Waals surface area contributed by atoms with E-state index in [2.05, 4.69) is 6.58 Å². The van der Waals surface area contributed by atoms with Crippen molar-refractivity contribution in [3.8, 4) is 0 Å². The van der Waals surface area contributed by atoms with Gasteiger partial charge in [0, 0.05) is 5.92 Å². The van der Waals surface area contributed by atoms with E-state index in [0.29, 0.717) is 0 Å². The van der Waals surface area contributed by atoms with Gasteiger partial charge in [-0.25, -0.2) is 4.39 Å². The molecule has 0 aliphatic heterocycles. The lowest BCUT2D eigenvalue weighted by atomic mass is 9.77. The average Bonchev–Trinajstić information content (AvgIpc) is 1.84. The summed E-state index contributed by atoms with van der Waals surface area (Å²) in [4.78, 5) is 0. The van der Waals surface area contributed by atoms with Gasteiger partial charge in [0.25, 0.3) is 0 Å². The number of halogens is 1. The van der Waals surface area contributed by atoms with E-state index >= 15 is 0 Å². The zero-order valence-corrected chi connectivity index (χ0v) is 7.69. The molecular formula is C9H17FO. The molecule has 0 spiro atoms. The first-order valence-electron chi connectivity index (χ1n) is 3.76. The molecule has 0 aromatic heterocycles. The second-order valence-corrected chi connectivity index (χ2v) is 4.02. The summed E-state index contributed by atoms with van der Waals surface area (Å²) in [6.45, 7) is 10.6. The predicted molar refractivity (Wildman–Crippen MR) is 44.9 cm³/mol. The Kier molecular flexibility index (Phi) is 2.84. The first kappa shape index (κ1) is 10.6. The van der Waals surface area contributed by atoms with E-state index in [9.17, 15) is 4.39 Å². The van der Waals surface area contributed by atoms with Gasteiger partial charge in [-0.05, 0) is 11.5 Å². The molecule has 0 aromatic carbocycles. The second-order valence-electron chi connectivity index (χ2n) is 4.02. The number of aliphatic hydroxyl groups is 1. The SMILES string of the molecule is C=CC(O)(F)[C@H](C)C(C)(C)C. The molecule has 1 N–H and O–H groups in total. The van der Waals surface area contributed by atoms with Gasteiger partial charge in [0.15, 0.2) is 0 Å². The Labute approximate surface area is 67.9 Å². The maximum absolute atomic E-state index is 13.1. The van der Waals surface area contributed by atoms with E-state index in [-0.39, 0.29) is 5.41 Å².